The maximum Gasteiger partial charge on any atom is 0.0702 e. The third-order valence-electron chi connectivity index (χ3n) is 12.1. The highest BCUT2D eigenvalue weighted by Crippen LogP contribution is 2.42. The molecule has 0 amide bonds. The van der Waals surface area contributed by atoms with E-state index in [0.717, 1.165) is 69.7 Å². The van der Waals surface area contributed by atoms with Gasteiger partial charge in [-0.1, -0.05) is 135 Å². The fraction of sp³-hybridized carbons (Fsp3) is 0.357. The fourth-order valence-corrected chi connectivity index (χ4v) is 8.39. The van der Waals surface area contributed by atoms with Crippen molar-refractivity contribution in [3.63, 3.8) is 0 Å². The number of hydrogen-bond donors (Lipinski definition) is 0. The van der Waals surface area contributed by atoms with Crippen LogP contribution in [-0.2, 0) is 16.2 Å². The normalized spacial score (nSPS) is 20.1. The molecule has 6 nitrogen and oxygen atoms in total. The van der Waals surface area contributed by atoms with Crippen LogP contribution in [0.5, 0.6) is 0 Å². The van der Waals surface area contributed by atoms with E-state index in [1.807, 2.05) is 37.2 Å². The lowest BCUT2D eigenvalue weighted by molar-refractivity contribution is 0.204. The first kappa shape index (κ1) is 44.2. The number of pyridine rings is 3. The van der Waals surface area contributed by atoms with E-state index in [2.05, 4.69) is 185 Å². The Labute approximate surface area is 370 Å². The molecule has 318 valence electrons. The number of aliphatic imine (C=N–C) groups is 3. The average molecular weight is 821 g/mol. The lowest BCUT2D eigenvalue weighted by Gasteiger charge is -2.43. The molecule has 0 aliphatic heterocycles. The summed E-state index contributed by atoms with van der Waals surface area (Å²) in [5, 5.41) is 0. The zero-order valence-corrected chi connectivity index (χ0v) is 38.7. The number of benzene rings is 3. The van der Waals surface area contributed by atoms with Crippen molar-refractivity contribution in [3.05, 3.63) is 161 Å². The van der Waals surface area contributed by atoms with Crippen LogP contribution in [0.15, 0.2) is 143 Å². The Morgan fingerprint density at radius 2 is 0.742 bits per heavy atom. The van der Waals surface area contributed by atoms with Gasteiger partial charge in [0.05, 0.1) is 34.2 Å². The van der Waals surface area contributed by atoms with Crippen LogP contribution in [0.2, 0.25) is 0 Å². The first-order chi connectivity index (χ1) is 29.2. The van der Waals surface area contributed by atoms with Crippen molar-refractivity contribution < 1.29 is 0 Å². The number of hydrogen-bond acceptors (Lipinski definition) is 6. The van der Waals surface area contributed by atoms with Crippen molar-refractivity contribution in [3.8, 4) is 33.8 Å². The van der Waals surface area contributed by atoms with E-state index in [0.29, 0.717) is 0 Å². The van der Waals surface area contributed by atoms with Crippen LogP contribution in [0.3, 0.4) is 0 Å². The van der Waals surface area contributed by atoms with E-state index < -0.39 is 11.1 Å². The summed E-state index contributed by atoms with van der Waals surface area (Å²) in [6, 6.07) is 38.7. The molecule has 7 rings (SSSR count). The highest BCUT2D eigenvalue weighted by Gasteiger charge is 2.43. The summed E-state index contributed by atoms with van der Waals surface area (Å²) in [5.41, 5.74) is 12.5. The van der Waals surface area contributed by atoms with Crippen LogP contribution in [0.25, 0.3) is 33.8 Å². The topological polar surface area (TPSA) is 75.8 Å². The predicted octanol–water partition coefficient (Wildman–Crippen LogP) is 13.5. The van der Waals surface area contributed by atoms with Gasteiger partial charge in [-0.2, -0.15) is 0 Å². The average Bonchev–Trinajstić information content (AvgIpc) is 3.24. The molecule has 2 unspecified atom stereocenters. The molecule has 0 saturated heterocycles. The Kier molecular flexibility index (Phi) is 12.5. The summed E-state index contributed by atoms with van der Waals surface area (Å²) in [6.07, 6.45) is 14.0. The third kappa shape index (κ3) is 11.1. The van der Waals surface area contributed by atoms with Gasteiger partial charge in [0, 0.05) is 70.6 Å². The molecule has 1 fully saturated rings. The Morgan fingerprint density at radius 1 is 0.435 bits per heavy atom. The Bertz CT molecular complexity index is 2390. The molecule has 3 heterocycles. The van der Waals surface area contributed by atoms with Gasteiger partial charge in [0.15, 0.2) is 0 Å². The minimum atomic E-state index is -0.406. The quantitative estimate of drug-likeness (QED) is 0.136. The summed E-state index contributed by atoms with van der Waals surface area (Å²) in [5.74, 6) is 0. The van der Waals surface area contributed by atoms with Crippen molar-refractivity contribution in [1.29, 1.82) is 0 Å². The molecule has 0 N–H and O–H groups in total. The van der Waals surface area contributed by atoms with E-state index >= 15 is 0 Å². The van der Waals surface area contributed by atoms with Crippen molar-refractivity contribution in [2.45, 2.75) is 129 Å². The molecule has 3 aromatic heterocycles. The van der Waals surface area contributed by atoms with Gasteiger partial charge in [0.25, 0.3) is 0 Å². The maximum absolute atomic E-state index is 5.28. The summed E-state index contributed by atoms with van der Waals surface area (Å²) in [6.45, 7) is 24.6. The van der Waals surface area contributed by atoms with E-state index in [1.165, 1.54) is 16.7 Å². The maximum atomic E-state index is 5.28. The zero-order chi connectivity index (χ0) is 44.3. The summed E-state index contributed by atoms with van der Waals surface area (Å²) < 4.78 is 0. The second kappa shape index (κ2) is 17.5. The van der Waals surface area contributed by atoms with Crippen molar-refractivity contribution in [2.75, 3.05) is 0 Å². The minimum Gasteiger partial charge on any atom is -0.289 e. The molecule has 2 atom stereocenters. The van der Waals surface area contributed by atoms with Crippen molar-refractivity contribution >= 4 is 18.6 Å². The van der Waals surface area contributed by atoms with Crippen LogP contribution in [0.1, 0.15) is 129 Å². The zero-order valence-electron chi connectivity index (χ0n) is 38.7. The van der Waals surface area contributed by atoms with Gasteiger partial charge in [-0.05, 0) is 102 Å². The molecule has 1 aliphatic carbocycles. The molecule has 1 aliphatic rings. The van der Waals surface area contributed by atoms with Crippen LogP contribution in [0.4, 0.5) is 0 Å². The lowest BCUT2D eigenvalue weighted by atomic mass is 9.71. The Balaban J connectivity index is 1.10. The lowest BCUT2D eigenvalue weighted by Crippen LogP contribution is -2.45. The van der Waals surface area contributed by atoms with E-state index in [-0.39, 0.29) is 22.3 Å². The van der Waals surface area contributed by atoms with Crippen LogP contribution in [0, 0.1) is 0 Å². The van der Waals surface area contributed by atoms with Crippen LogP contribution < -0.4 is 0 Å². The van der Waals surface area contributed by atoms with Gasteiger partial charge in [0.2, 0.25) is 0 Å². The molecule has 0 bridgehead atoms. The predicted molar refractivity (Wildman–Crippen MR) is 262 cm³/mol. The van der Waals surface area contributed by atoms with Gasteiger partial charge < -0.3 is 0 Å². The summed E-state index contributed by atoms with van der Waals surface area (Å²) in [7, 11) is 0. The smallest absolute Gasteiger partial charge is 0.0702 e. The largest absolute Gasteiger partial charge is 0.289 e. The van der Waals surface area contributed by atoms with E-state index in [9.17, 15) is 0 Å². The SMILES string of the molecule is CC1(N=Cc2ccc(-c3ccc(C(C)(C)C)cc3)nc2)CC(N=Cc2ccc(-c3ccc(C(C)(C)C)cc3)nc2)CC(C)(N=Cc2ccc(-c3ccc(C(C)(C)C)cc3)nc2)C1. The molecule has 1 saturated carbocycles. The van der Waals surface area contributed by atoms with Crippen LogP contribution in [-0.4, -0.2) is 50.7 Å². The first-order valence-corrected chi connectivity index (χ1v) is 22.1. The molecule has 0 radical (unpaired) electrons. The van der Waals surface area contributed by atoms with Crippen molar-refractivity contribution in [2.24, 2.45) is 15.0 Å². The Morgan fingerprint density at radius 3 is 1.02 bits per heavy atom. The second-order valence-corrected chi connectivity index (χ2v) is 20.9. The summed E-state index contributed by atoms with van der Waals surface area (Å²) >= 11 is 0. The number of aromatic nitrogens is 3. The van der Waals surface area contributed by atoms with Gasteiger partial charge in [0.1, 0.15) is 0 Å². The molecule has 6 aromatic rings. The molecular formula is C56H64N6. The Hall–Kier alpha value is -5.88. The van der Waals surface area contributed by atoms with Gasteiger partial charge >= 0.3 is 0 Å². The highest BCUT2D eigenvalue weighted by molar-refractivity contribution is 5.82. The third-order valence-corrected chi connectivity index (χ3v) is 12.1. The van der Waals surface area contributed by atoms with E-state index in [4.69, 9.17) is 29.9 Å². The van der Waals surface area contributed by atoms with Gasteiger partial charge in [-0.15, -0.1) is 0 Å². The standard InChI is InChI=1S/C56H64N6/c1-52(2,3)45-21-15-42(16-22-45)49-27-12-39(33-58-49)32-57-48-30-55(10,61-36-40-13-28-50(59-34-40)43-17-23-46(24-18-43)53(4,5)6)38-56(11,31-48)62-37-41-14-29-51(60-35-41)44-19-25-47(26-20-44)54(7,8)9/h12-29,32-37,48H,30-31,38H2,1-11H3. The summed E-state index contributed by atoms with van der Waals surface area (Å²) in [4.78, 5) is 30.2. The monoisotopic (exact) mass is 821 g/mol. The molecule has 62 heavy (non-hydrogen) atoms. The van der Waals surface area contributed by atoms with Gasteiger partial charge in [-0.25, -0.2) is 0 Å². The molecule has 3 aromatic carbocycles. The molecular weight excluding hydrogens is 757 g/mol. The number of rotatable bonds is 9. The minimum absolute atomic E-state index is 0.00538. The van der Waals surface area contributed by atoms with Crippen LogP contribution >= 0.6 is 0 Å². The fourth-order valence-electron chi connectivity index (χ4n) is 8.39. The highest BCUT2D eigenvalue weighted by atomic mass is 15.0. The van der Waals surface area contributed by atoms with Gasteiger partial charge in [-0.3, -0.25) is 29.9 Å². The second-order valence-electron chi connectivity index (χ2n) is 20.9. The first-order valence-electron chi connectivity index (χ1n) is 22.1. The molecule has 0 spiro atoms. The molecule has 6 heteroatoms. The number of nitrogens with zero attached hydrogens (tertiary/aromatic N) is 6. The van der Waals surface area contributed by atoms with Crippen molar-refractivity contribution in [1.82, 2.24) is 15.0 Å². The van der Waals surface area contributed by atoms with E-state index in [1.54, 1.807) is 0 Å².